The molecule has 0 spiro atoms. The van der Waals surface area contributed by atoms with Gasteiger partial charge in [-0.1, -0.05) is 18.2 Å². The Morgan fingerprint density at radius 1 is 1.00 bits per heavy atom. The molecule has 7 heteroatoms. The molecule has 23 heavy (non-hydrogen) atoms. The van der Waals surface area contributed by atoms with Crippen LogP contribution in [-0.4, -0.2) is 43.9 Å². The van der Waals surface area contributed by atoms with Crippen molar-refractivity contribution < 1.29 is 8.42 Å². The van der Waals surface area contributed by atoms with Crippen molar-refractivity contribution in [1.82, 2.24) is 9.29 Å². The monoisotopic (exact) mass is 328 g/mol. The summed E-state index contributed by atoms with van der Waals surface area (Å²) in [6.45, 7) is 1.98. The highest BCUT2D eigenvalue weighted by atomic mass is 32.2. The molecule has 0 radical (unpaired) electrons. The quantitative estimate of drug-likeness (QED) is 0.852. The Hall–Kier alpha value is -2.43. The van der Waals surface area contributed by atoms with E-state index in [9.17, 15) is 8.42 Å². The van der Waals surface area contributed by atoms with Crippen LogP contribution in [0.25, 0.3) is 0 Å². The first kappa shape index (κ1) is 15.5. The highest BCUT2D eigenvalue weighted by Crippen LogP contribution is 2.19. The number of hydrogen-bond donors (Lipinski definition) is 0. The van der Waals surface area contributed by atoms with Gasteiger partial charge in [-0.05, 0) is 24.3 Å². The summed E-state index contributed by atoms with van der Waals surface area (Å²) >= 11 is 0. The third-order valence-electron chi connectivity index (χ3n) is 3.82. The number of anilines is 1. The Morgan fingerprint density at radius 2 is 1.70 bits per heavy atom. The molecule has 0 saturated carbocycles. The lowest BCUT2D eigenvalue weighted by atomic mass is 10.3. The summed E-state index contributed by atoms with van der Waals surface area (Å²) in [5.74, 6) is 0.765. The number of pyridine rings is 1. The molecule has 1 aliphatic heterocycles. The van der Waals surface area contributed by atoms with Crippen LogP contribution in [-0.2, 0) is 10.0 Å². The van der Waals surface area contributed by atoms with Gasteiger partial charge < -0.3 is 4.90 Å². The average molecular weight is 328 g/mol. The Kier molecular flexibility index (Phi) is 4.28. The molecule has 3 rings (SSSR count). The van der Waals surface area contributed by atoms with Crippen LogP contribution in [0.15, 0.2) is 53.6 Å². The molecule has 0 aliphatic carbocycles. The van der Waals surface area contributed by atoms with Gasteiger partial charge in [0.1, 0.15) is 11.9 Å². The average Bonchev–Trinajstić information content (AvgIpc) is 2.63. The zero-order chi connectivity index (χ0) is 16.3. The van der Waals surface area contributed by atoms with E-state index in [1.54, 1.807) is 42.5 Å². The Balaban J connectivity index is 1.70. The standard InChI is InChI=1S/C16H16N4O2S/c17-12-14-6-7-16(18-13-14)19-8-10-20(11-9-19)23(21,22)15-4-2-1-3-5-15/h1-7,13H,8-11H2. The van der Waals surface area contributed by atoms with Crippen molar-refractivity contribution in [3.8, 4) is 6.07 Å². The summed E-state index contributed by atoms with van der Waals surface area (Å²) in [6, 6.07) is 14.0. The first-order valence-corrected chi connectivity index (χ1v) is 8.71. The molecule has 0 amide bonds. The molecule has 2 heterocycles. The highest BCUT2D eigenvalue weighted by Gasteiger charge is 2.28. The van der Waals surface area contributed by atoms with Crippen molar-refractivity contribution in [2.75, 3.05) is 31.1 Å². The second-order valence-electron chi connectivity index (χ2n) is 5.22. The molecule has 6 nitrogen and oxygen atoms in total. The number of piperazine rings is 1. The summed E-state index contributed by atoms with van der Waals surface area (Å²) in [6.07, 6.45) is 1.53. The molecule has 1 fully saturated rings. The number of sulfonamides is 1. The summed E-state index contributed by atoms with van der Waals surface area (Å²) in [5.41, 5.74) is 0.513. The maximum atomic E-state index is 12.6. The molecule has 2 aromatic rings. The first-order chi connectivity index (χ1) is 11.1. The van der Waals surface area contributed by atoms with E-state index in [1.807, 2.05) is 11.0 Å². The molecular formula is C16H16N4O2S. The lowest BCUT2D eigenvalue weighted by Gasteiger charge is -2.34. The molecule has 0 atom stereocenters. The third-order valence-corrected chi connectivity index (χ3v) is 5.73. The highest BCUT2D eigenvalue weighted by molar-refractivity contribution is 7.89. The van der Waals surface area contributed by atoms with Gasteiger partial charge in [0.15, 0.2) is 0 Å². The van der Waals surface area contributed by atoms with E-state index >= 15 is 0 Å². The van der Waals surface area contributed by atoms with Gasteiger partial charge in [-0.25, -0.2) is 13.4 Å². The van der Waals surface area contributed by atoms with Gasteiger partial charge in [0.05, 0.1) is 10.5 Å². The van der Waals surface area contributed by atoms with Crippen molar-refractivity contribution in [2.45, 2.75) is 4.90 Å². The van der Waals surface area contributed by atoms with E-state index in [0.29, 0.717) is 36.6 Å². The second-order valence-corrected chi connectivity index (χ2v) is 7.16. The fourth-order valence-corrected chi connectivity index (χ4v) is 3.98. The predicted octanol–water partition coefficient (Wildman–Crippen LogP) is 1.46. The minimum Gasteiger partial charge on any atom is -0.354 e. The Labute approximate surface area is 135 Å². The molecule has 0 bridgehead atoms. The molecule has 118 valence electrons. The van der Waals surface area contributed by atoms with Gasteiger partial charge in [-0.15, -0.1) is 0 Å². The van der Waals surface area contributed by atoms with Crippen molar-refractivity contribution in [3.05, 3.63) is 54.2 Å². The largest absolute Gasteiger partial charge is 0.354 e. The van der Waals surface area contributed by atoms with Gasteiger partial charge >= 0.3 is 0 Å². The SMILES string of the molecule is N#Cc1ccc(N2CCN(S(=O)(=O)c3ccccc3)CC2)nc1. The van der Waals surface area contributed by atoms with Gasteiger partial charge in [-0.3, -0.25) is 0 Å². The first-order valence-electron chi connectivity index (χ1n) is 7.27. The lowest BCUT2D eigenvalue weighted by molar-refractivity contribution is 0.384. The van der Waals surface area contributed by atoms with Crippen molar-refractivity contribution in [1.29, 1.82) is 5.26 Å². The third kappa shape index (κ3) is 3.18. The number of benzene rings is 1. The zero-order valence-corrected chi connectivity index (χ0v) is 13.3. The maximum Gasteiger partial charge on any atom is 0.243 e. The summed E-state index contributed by atoms with van der Waals surface area (Å²) in [7, 11) is -3.44. The molecule has 1 saturated heterocycles. The van der Waals surface area contributed by atoms with E-state index in [2.05, 4.69) is 4.98 Å². The molecule has 1 aromatic carbocycles. The molecular weight excluding hydrogens is 312 g/mol. The van der Waals surface area contributed by atoms with Crippen LogP contribution in [0, 0.1) is 11.3 Å². The fraction of sp³-hybridized carbons (Fsp3) is 0.250. The van der Waals surface area contributed by atoms with Crippen molar-refractivity contribution >= 4 is 15.8 Å². The number of hydrogen-bond acceptors (Lipinski definition) is 5. The normalized spacial score (nSPS) is 16.0. The van der Waals surface area contributed by atoms with E-state index in [0.717, 1.165) is 5.82 Å². The van der Waals surface area contributed by atoms with E-state index < -0.39 is 10.0 Å². The van der Waals surface area contributed by atoms with Crippen molar-refractivity contribution in [2.24, 2.45) is 0 Å². The van der Waals surface area contributed by atoms with Crippen LogP contribution in [0.3, 0.4) is 0 Å². The number of nitrogens with zero attached hydrogens (tertiary/aromatic N) is 4. The topological polar surface area (TPSA) is 77.3 Å². The second kappa shape index (κ2) is 6.36. The zero-order valence-electron chi connectivity index (χ0n) is 12.5. The minimum atomic E-state index is -3.44. The molecule has 0 N–H and O–H groups in total. The fourth-order valence-electron chi connectivity index (χ4n) is 2.54. The number of nitriles is 1. The Bertz CT molecular complexity index is 805. The summed E-state index contributed by atoms with van der Waals surface area (Å²) in [5, 5.41) is 8.79. The van der Waals surface area contributed by atoms with E-state index in [-0.39, 0.29) is 0 Å². The summed E-state index contributed by atoms with van der Waals surface area (Å²) < 4.78 is 26.6. The van der Waals surface area contributed by atoms with E-state index in [1.165, 1.54) is 10.5 Å². The Morgan fingerprint density at radius 3 is 2.26 bits per heavy atom. The van der Waals surface area contributed by atoms with Gasteiger partial charge in [-0.2, -0.15) is 9.57 Å². The van der Waals surface area contributed by atoms with Crippen LogP contribution in [0.5, 0.6) is 0 Å². The lowest BCUT2D eigenvalue weighted by Crippen LogP contribution is -2.48. The smallest absolute Gasteiger partial charge is 0.243 e. The van der Waals surface area contributed by atoms with Crippen molar-refractivity contribution in [3.63, 3.8) is 0 Å². The molecule has 0 unspecified atom stereocenters. The van der Waals surface area contributed by atoms with Gasteiger partial charge in [0.25, 0.3) is 0 Å². The number of aromatic nitrogens is 1. The predicted molar refractivity (Wildman–Crippen MR) is 86.4 cm³/mol. The van der Waals surface area contributed by atoms with Crippen LogP contribution in [0.1, 0.15) is 5.56 Å². The number of rotatable bonds is 3. The van der Waals surface area contributed by atoms with Crippen LogP contribution >= 0.6 is 0 Å². The van der Waals surface area contributed by atoms with Crippen LogP contribution < -0.4 is 4.90 Å². The molecule has 1 aromatic heterocycles. The van der Waals surface area contributed by atoms with E-state index in [4.69, 9.17) is 5.26 Å². The minimum absolute atomic E-state index is 0.324. The van der Waals surface area contributed by atoms with Crippen LogP contribution in [0.4, 0.5) is 5.82 Å². The van der Waals surface area contributed by atoms with Gasteiger partial charge in [0.2, 0.25) is 10.0 Å². The van der Waals surface area contributed by atoms with Crippen LogP contribution in [0.2, 0.25) is 0 Å². The molecule has 1 aliphatic rings. The van der Waals surface area contributed by atoms with Gasteiger partial charge in [0, 0.05) is 32.4 Å². The summed E-state index contributed by atoms with van der Waals surface area (Å²) in [4.78, 5) is 6.60. The maximum absolute atomic E-state index is 12.6.